The van der Waals surface area contributed by atoms with Crippen LogP contribution in [0.3, 0.4) is 0 Å². The highest BCUT2D eigenvalue weighted by atomic mass is 16.5. The van der Waals surface area contributed by atoms with Gasteiger partial charge in [0, 0.05) is 18.3 Å². The maximum Gasteiger partial charge on any atom is 0.119 e. The molecule has 2 rings (SSSR count). The molecule has 0 spiro atoms. The van der Waals surface area contributed by atoms with E-state index in [1.807, 2.05) is 12.1 Å². The SMILES string of the molecule is CCCOc1ccc(NC2CCOC(CCC)C2)cc1. The van der Waals surface area contributed by atoms with Crippen molar-refractivity contribution in [2.45, 2.75) is 58.1 Å². The van der Waals surface area contributed by atoms with Crippen molar-refractivity contribution < 1.29 is 9.47 Å². The van der Waals surface area contributed by atoms with Crippen molar-refractivity contribution in [3.8, 4) is 5.75 Å². The first kappa shape index (κ1) is 15.2. The number of hydrogen-bond donors (Lipinski definition) is 1. The molecule has 1 aliphatic rings. The van der Waals surface area contributed by atoms with Crippen LogP contribution in [0.5, 0.6) is 5.75 Å². The maximum atomic E-state index is 5.79. The van der Waals surface area contributed by atoms with E-state index in [2.05, 4.69) is 31.3 Å². The molecular weight excluding hydrogens is 250 g/mol. The lowest BCUT2D eigenvalue weighted by atomic mass is 10.00. The molecule has 1 aromatic carbocycles. The van der Waals surface area contributed by atoms with Crippen LogP contribution in [-0.4, -0.2) is 25.4 Å². The van der Waals surface area contributed by atoms with E-state index in [-0.39, 0.29) is 0 Å². The second kappa shape index (κ2) is 8.15. The zero-order valence-corrected chi connectivity index (χ0v) is 12.7. The second-order valence-electron chi connectivity index (χ2n) is 5.52. The van der Waals surface area contributed by atoms with Gasteiger partial charge in [-0.2, -0.15) is 0 Å². The standard InChI is InChI=1S/C17H27NO2/c1-3-5-17-13-15(10-12-20-17)18-14-6-8-16(9-7-14)19-11-4-2/h6-9,15,17-18H,3-5,10-13H2,1-2H3. The lowest BCUT2D eigenvalue weighted by Gasteiger charge is -2.30. The van der Waals surface area contributed by atoms with Gasteiger partial charge in [-0.1, -0.05) is 20.3 Å². The van der Waals surface area contributed by atoms with E-state index in [0.717, 1.165) is 38.2 Å². The van der Waals surface area contributed by atoms with Crippen LogP contribution in [0, 0.1) is 0 Å². The second-order valence-corrected chi connectivity index (χ2v) is 5.52. The number of ether oxygens (including phenoxy) is 2. The molecule has 1 heterocycles. The lowest BCUT2D eigenvalue weighted by Crippen LogP contribution is -2.33. The summed E-state index contributed by atoms with van der Waals surface area (Å²) >= 11 is 0. The Bertz CT molecular complexity index is 375. The van der Waals surface area contributed by atoms with Gasteiger partial charge in [-0.25, -0.2) is 0 Å². The Morgan fingerprint density at radius 1 is 1.20 bits per heavy atom. The predicted molar refractivity (Wildman–Crippen MR) is 83.5 cm³/mol. The molecule has 1 saturated heterocycles. The Kier molecular flexibility index (Phi) is 6.19. The summed E-state index contributed by atoms with van der Waals surface area (Å²) in [5, 5.41) is 3.62. The minimum atomic E-state index is 0.429. The van der Waals surface area contributed by atoms with Crippen molar-refractivity contribution >= 4 is 5.69 Å². The largest absolute Gasteiger partial charge is 0.494 e. The van der Waals surface area contributed by atoms with Crippen LogP contribution >= 0.6 is 0 Å². The smallest absolute Gasteiger partial charge is 0.119 e. The minimum Gasteiger partial charge on any atom is -0.494 e. The molecule has 0 aromatic heterocycles. The third-order valence-corrected chi connectivity index (χ3v) is 3.68. The van der Waals surface area contributed by atoms with Crippen LogP contribution in [0.2, 0.25) is 0 Å². The normalized spacial score (nSPS) is 22.5. The van der Waals surface area contributed by atoms with E-state index in [4.69, 9.17) is 9.47 Å². The summed E-state index contributed by atoms with van der Waals surface area (Å²) in [5.41, 5.74) is 1.18. The number of rotatable bonds is 7. The Morgan fingerprint density at radius 2 is 2.00 bits per heavy atom. The fourth-order valence-corrected chi connectivity index (χ4v) is 2.64. The van der Waals surface area contributed by atoms with Crippen molar-refractivity contribution in [2.24, 2.45) is 0 Å². The molecule has 1 fully saturated rings. The molecule has 0 aliphatic carbocycles. The van der Waals surface area contributed by atoms with E-state index >= 15 is 0 Å². The first-order valence-electron chi connectivity index (χ1n) is 7.92. The van der Waals surface area contributed by atoms with Crippen LogP contribution in [0.4, 0.5) is 5.69 Å². The van der Waals surface area contributed by atoms with Gasteiger partial charge in [0.15, 0.2) is 0 Å². The zero-order chi connectivity index (χ0) is 14.2. The van der Waals surface area contributed by atoms with Gasteiger partial charge in [-0.3, -0.25) is 0 Å². The molecule has 2 atom stereocenters. The molecular formula is C17H27NO2. The van der Waals surface area contributed by atoms with E-state index in [1.54, 1.807) is 0 Å². The highest BCUT2D eigenvalue weighted by molar-refractivity contribution is 5.47. The summed E-state index contributed by atoms with van der Waals surface area (Å²) in [6.45, 7) is 5.99. The average Bonchev–Trinajstić information content (AvgIpc) is 2.47. The van der Waals surface area contributed by atoms with Crippen LogP contribution in [-0.2, 0) is 4.74 Å². The van der Waals surface area contributed by atoms with Crippen molar-refractivity contribution in [3.05, 3.63) is 24.3 Å². The Morgan fingerprint density at radius 3 is 2.70 bits per heavy atom. The van der Waals surface area contributed by atoms with Gasteiger partial charge < -0.3 is 14.8 Å². The van der Waals surface area contributed by atoms with Crippen LogP contribution in [0.15, 0.2) is 24.3 Å². The number of benzene rings is 1. The Balaban J connectivity index is 1.83. The average molecular weight is 277 g/mol. The van der Waals surface area contributed by atoms with Gasteiger partial charge in [0.25, 0.3) is 0 Å². The van der Waals surface area contributed by atoms with Gasteiger partial charge in [0.05, 0.1) is 12.7 Å². The predicted octanol–water partition coefficient (Wildman–Crippen LogP) is 4.24. The molecule has 0 saturated carbocycles. The van der Waals surface area contributed by atoms with E-state index in [1.165, 1.54) is 18.5 Å². The zero-order valence-electron chi connectivity index (χ0n) is 12.7. The fourth-order valence-electron chi connectivity index (χ4n) is 2.64. The van der Waals surface area contributed by atoms with Crippen molar-refractivity contribution in [3.63, 3.8) is 0 Å². The van der Waals surface area contributed by atoms with Gasteiger partial charge >= 0.3 is 0 Å². The number of hydrogen-bond acceptors (Lipinski definition) is 3. The lowest BCUT2D eigenvalue weighted by molar-refractivity contribution is 0.00598. The summed E-state index contributed by atoms with van der Waals surface area (Å²) in [6.07, 6.45) is 6.04. The highest BCUT2D eigenvalue weighted by Crippen LogP contribution is 2.23. The molecule has 112 valence electrons. The summed E-state index contributed by atoms with van der Waals surface area (Å²) in [5.74, 6) is 0.952. The summed E-state index contributed by atoms with van der Waals surface area (Å²) in [4.78, 5) is 0. The van der Waals surface area contributed by atoms with Gasteiger partial charge in [0.1, 0.15) is 5.75 Å². The molecule has 2 unspecified atom stereocenters. The first-order chi connectivity index (χ1) is 9.81. The van der Waals surface area contributed by atoms with Crippen LogP contribution < -0.4 is 10.1 Å². The molecule has 0 radical (unpaired) electrons. The molecule has 3 heteroatoms. The fraction of sp³-hybridized carbons (Fsp3) is 0.647. The molecule has 1 N–H and O–H groups in total. The monoisotopic (exact) mass is 277 g/mol. The van der Waals surface area contributed by atoms with Gasteiger partial charge in [0.2, 0.25) is 0 Å². The van der Waals surface area contributed by atoms with Gasteiger partial charge in [-0.05, 0) is 49.9 Å². The topological polar surface area (TPSA) is 30.5 Å². The minimum absolute atomic E-state index is 0.429. The highest BCUT2D eigenvalue weighted by Gasteiger charge is 2.21. The van der Waals surface area contributed by atoms with E-state index in [9.17, 15) is 0 Å². The molecule has 0 amide bonds. The number of anilines is 1. The van der Waals surface area contributed by atoms with Crippen LogP contribution in [0.25, 0.3) is 0 Å². The quantitative estimate of drug-likeness (QED) is 0.809. The Labute approximate surface area is 122 Å². The third kappa shape index (κ3) is 4.71. The first-order valence-corrected chi connectivity index (χ1v) is 7.92. The molecule has 1 aromatic rings. The number of nitrogens with one attached hydrogen (secondary N) is 1. The van der Waals surface area contributed by atoms with Crippen LogP contribution in [0.1, 0.15) is 46.0 Å². The summed E-state index contributed by atoms with van der Waals surface area (Å²) in [6, 6.07) is 8.83. The maximum absolute atomic E-state index is 5.79. The molecule has 1 aliphatic heterocycles. The van der Waals surface area contributed by atoms with E-state index in [0.29, 0.717) is 12.1 Å². The summed E-state index contributed by atoms with van der Waals surface area (Å²) < 4.78 is 11.4. The van der Waals surface area contributed by atoms with Crippen molar-refractivity contribution in [1.82, 2.24) is 0 Å². The van der Waals surface area contributed by atoms with Gasteiger partial charge in [-0.15, -0.1) is 0 Å². The van der Waals surface area contributed by atoms with Crippen molar-refractivity contribution in [2.75, 3.05) is 18.5 Å². The molecule has 3 nitrogen and oxygen atoms in total. The summed E-state index contributed by atoms with van der Waals surface area (Å²) in [7, 11) is 0. The van der Waals surface area contributed by atoms with E-state index < -0.39 is 0 Å². The molecule has 0 bridgehead atoms. The Hall–Kier alpha value is -1.22. The van der Waals surface area contributed by atoms with Crippen molar-refractivity contribution in [1.29, 1.82) is 0 Å². The molecule has 20 heavy (non-hydrogen) atoms. The third-order valence-electron chi connectivity index (χ3n) is 3.68.